The summed E-state index contributed by atoms with van der Waals surface area (Å²) in [5.74, 6) is -0.345. The molecule has 0 rings (SSSR count). The number of carbonyl (C=O) groups excluding carboxylic acids is 2. The Morgan fingerprint density at radius 1 is 1.39 bits per heavy atom. The molecule has 7 nitrogen and oxygen atoms in total. The number of rotatable bonds is 8. The second-order valence-corrected chi connectivity index (χ2v) is 3.97. The van der Waals surface area contributed by atoms with Crippen molar-refractivity contribution >= 4 is 12.2 Å². The number of nitrogens with zero attached hydrogens (tertiary/aromatic N) is 1. The highest BCUT2D eigenvalue weighted by molar-refractivity contribution is 5.77. The van der Waals surface area contributed by atoms with Crippen molar-refractivity contribution in [3.8, 4) is 0 Å². The minimum atomic E-state index is -1.34. The van der Waals surface area contributed by atoms with Crippen molar-refractivity contribution in [3.05, 3.63) is 0 Å². The van der Waals surface area contributed by atoms with Crippen molar-refractivity contribution in [3.63, 3.8) is 0 Å². The number of hydrogen-bond donors (Lipinski definition) is 2. The van der Waals surface area contributed by atoms with E-state index in [0.717, 1.165) is 4.90 Å². The first-order valence-corrected chi connectivity index (χ1v) is 5.47. The molecule has 0 aliphatic rings. The number of carbonyl (C=O) groups is 2. The lowest BCUT2D eigenvalue weighted by Crippen LogP contribution is -2.54. The predicted molar refractivity (Wildman–Crippen MR) is 63.0 cm³/mol. The van der Waals surface area contributed by atoms with E-state index in [9.17, 15) is 19.8 Å². The lowest BCUT2D eigenvalue weighted by Gasteiger charge is -2.33. The Morgan fingerprint density at radius 2 is 1.94 bits per heavy atom. The maximum absolute atomic E-state index is 11.2. The lowest BCUT2D eigenvalue weighted by molar-refractivity contribution is -0.147. The number of methoxy groups -OCH3 is 2. The molecular formula is C11H21NO6. The van der Waals surface area contributed by atoms with E-state index in [1.54, 1.807) is 0 Å². The molecule has 0 aliphatic heterocycles. The number of aldehydes is 1. The van der Waals surface area contributed by atoms with Gasteiger partial charge in [0.1, 0.15) is 30.6 Å². The molecule has 0 fully saturated rings. The molecule has 0 spiro atoms. The first kappa shape index (κ1) is 17.0. The quantitative estimate of drug-likeness (QED) is 0.513. The number of ether oxygens (including phenoxy) is 2. The van der Waals surface area contributed by atoms with Crippen LogP contribution in [0.3, 0.4) is 0 Å². The summed E-state index contributed by atoms with van der Waals surface area (Å²) < 4.78 is 9.72. The second-order valence-electron chi connectivity index (χ2n) is 3.97. The average molecular weight is 263 g/mol. The van der Waals surface area contributed by atoms with Crippen LogP contribution in [0, 0.1) is 0 Å². The highest BCUT2D eigenvalue weighted by Crippen LogP contribution is 2.12. The summed E-state index contributed by atoms with van der Waals surface area (Å²) >= 11 is 0. The first-order chi connectivity index (χ1) is 8.40. The summed E-state index contributed by atoms with van der Waals surface area (Å²) in [5.41, 5.74) is 0. The highest BCUT2D eigenvalue weighted by Gasteiger charge is 2.36. The first-order valence-electron chi connectivity index (χ1n) is 5.47. The van der Waals surface area contributed by atoms with Crippen LogP contribution in [0.2, 0.25) is 0 Å². The van der Waals surface area contributed by atoms with Crippen LogP contribution in [0.5, 0.6) is 0 Å². The normalized spacial score (nSPS) is 17.7. The van der Waals surface area contributed by atoms with Crippen LogP contribution in [0.15, 0.2) is 0 Å². The number of amides is 1. The van der Waals surface area contributed by atoms with E-state index in [1.165, 1.54) is 28.2 Å². The van der Waals surface area contributed by atoms with E-state index in [2.05, 4.69) is 0 Å². The van der Waals surface area contributed by atoms with Gasteiger partial charge in [-0.2, -0.15) is 0 Å². The molecule has 1 amide bonds. The van der Waals surface area contributed by atoms with Crippen LogP contribution in [-0.2, 0) is 19.1 Å². The number of aliphatic hydroxyl groups is 2. The fourth-order valence-corrected chi connectivity index (χ4v) is 1.57. The Balaban J connectivity index is 4.91. The van der Waals surface area contributed by atoms with Gasteiger partial charge in [0.25, 0.3) is 0 Å². The summed E-state index contributed by atoms with van der Waals surface area (Å²) in [5, 5.41) is 19.5. The third-order valence-corrected chi connectivity index (χ3v) is 2.76. The zero-order valence-electron chi connectivity index (χ0n) is 11.1. The third kappa shape index (κ3) is 4.34. The molecule has 0 aromatic carbocycles. The fourth-order valence-electron chi connectivity index (χ4n) is 1.57. The van der Waals surface area contributed by atoms with Crippen molar-refractivity contribution in [1.29, 1.82) is 0 Å². The SMILES string of the molecule is COC[C@@H](O)[C@@H](O)[C@H](OC)[C@H](C=O)N(C)C(C)=O. The second kappa shape index (κ2) is 8.15. The van der Waals surface area contributed by atoms with Gasteiger partial charge in [-0.05, 0) is 0 Å². The van der Waals surface area contributed by atoms with Gasteiger partial charge in [-0.25, -0.2) is 0 Å². The van der Waals surface area contributed by atoms with Crippen molar-refractivity contribution in [2.24, 2.45) is 0 Å². The van der Waals surface area contributed by atoms with Crippen LogP contribution in [0.25, 0.3) is 0 Å². The summed E-state index contributed by atoms with van der Waals surface area (Å²) in [6.45, 7) is 1.19. The topological polar surface area (TPSA) is 96.3 Å². The van der Waals surface area contributed by atoms with E-state index in [4.69, 9.17) is 9.47 Å². The Bertz CT molecular complexity index is 272. The molecule has 4 atom stereocenters. The maximum Gasteiger partial charge on any atom is 0.219 e. The predicted octanol–water partition coefficient (Wildman–Crippen LogP) is -1.58. The van der Waals surface area contributed by atoms with Crippen LogP contribution < -0.4 is 0 Å². The van der Waals surface area contributed by atoms with Gasteiger partial charge < -0.3 is 29.4 Å². The Kier molecular flexibility index (Phi) is 7.69. The smallest absolute Gasteiger partial charge is 0.219 e. The van der Waals surface area contributed by atoms with Crippen molar-refractivity contribution in [1.82, 2.24) is 4.90 Å². The molecule has 2 N–H and O–H groups in total. The molecule has 0 radical (unpaired) electrons. The summed E-state index contributed by atoms with van der Waals surface area (Å²) in [6, 6.07) is -0.978. The molecule has 0 saturated heterocycles. The van der Waals surface area contributed by atoms with Gasteiger partial charge in [-0.15, -0.1) is 0 Å². The molecule has 0 unspecified atom stereocenters. The number of hydrogen-bond acceptors (Lipinski definition) is 6. The zero-order chi connectivity index (χ0) is 14.3. The molecule has 0 aromatic rings. The molecular weight excluding hydrogens is 242 g/mol. The summed E-state index contributed by atoms with van der Waals surface area (Å²) in [4.78, 5) is 23.4. The van der Waals surface area contributed by atoms with E-state index in [0.29, 0.717) is 6.29 Å². The van der Waals surface area contributed by atoms with Crippen molar-refractivity contribution < 1.29 is 29.3 Å². The third-order valence-electron chi connectivity index (χ3n) is 2.76. The molecule has 106 valence electrons. The van der Waals surface area contributed by atoms with Crippen molar-refractivity contribution in [2.75, 3.05) is 27.9 Å². The standard InChI is InChI=1S/C11H21NO6/c1-7(14)12(2)8(5-13)11(18-4)10(16)9(15)6-17-3/h5,8-11,15-16H,6H2,1-4H3/t8-,9+,10+,11+/m0/s1. The van der Waals surface area contributed by atoms with Gasteiger partial charge in [0.05, 0.1) is 6.61 Å². The van der Waals surface area contributed by atoms with Gasteiger partial charge in [-0.3, -0.25) is 4.79 Å². The van der Waals surface area contributed by atoms with Crippen molar-refractivity contribution in [2.45, 2.75) is 31.3 Å². The van der Waals surface area contributed by atoms with Crippen LogP contribution in [0.4, 0.5) is 0 Å². The van der Waals surface area contributed by atoms with E-state index in [1.807, 2.05) is 0 Å². The molecule has 0 heterocycles. The monoisotopic (exact) mass is 263 g/mol. The molecule has 0 saturated carbocycles. The zero-order valence-corrected chi connectivity index (χ0v) is 11.1. The number of likely N-dealkylation sites (N-methyl/N-ethyl adjacent to an activating group) is 1. The average Bonchev–Trinajstić information content (AvgIpc) is 2.34. The van der Waals surface area contributed by atoms with Crippen LogP contribution in [0.1, 0.15) is 6.92 Å². The highest BCUT2D eigenvalue weighted by atomic mass is 16.5. The van der Waals surface area contributed by atoms with Gasteiger partial charge in [0.2, 0.25) is 5.91 Å². The Labute approximate surface area is 106 Å². The summed E-state index contributed by atoms with van der Waals surface area (Å²) in [7, 11) is 4.08. The Hall–Kier alpha value is -1.02. The van der Waals surface area contributed by atoms with Gasteiger partial charge in [-0.1, -0.05) is 0 Å². The van der Waals surface area contributed by atoms with Crippen LogP contribution in [-0.4, -0.2) is 79.5 Å². The largest absolute Gasteiger partial charge is 0.388 e. The van der Waals surface area contributed by atoms with Gasteiger partial charge in [0.15, 0.2) is 0 Å². The van der Waals surface area contributed by atoms with E-state index >= 15 is 0 Å². The van der Waals surface area contributed by atoms with E-state index < -0.39 is 24.4 Å². The molecule has 7 heteroatoms. The molecule has 0 aromatic heterocycles. The van der Waals surface area contributed by atoms with Crippen LogP contribution >= 0.6 is 0 Å². The fraction of sp³-hybridized carbons (Fsp3) is 0.818. The molecule has 0 aliphatic carbocycles. The minimum absolute atomic E-state index is 0.101. The maximum atomic E-state index is 11.2. The number of aliphatic hydroxyl groups excluding tert-OH is 2. The van der Waals surface area contributed by atoms with E-state index in [-0.39, 0.29) is 12.5 Å². The minimum Gasteiger partial charge on any atom is -0.388 e. The van der Waals surface area contributed by atoms with Gasteiger partial charge >= 0.3 is 0 Å². The van der Waals surface area contributed by atoms with Gasteiger partial charge in [0, 0.05) is 28.2 Å². The summed E-state index contributed by atoms with van der Waals surface area (Å²) in [6.07, 6.45) is -3.07. The molecule has 18 heavy (non-hydrogen) atoms. The molecule has 0 bridgehead atoms. The Morgan fingerprint density at radius 3 is 2.28 bits per heavy atom. The lowest BCUT2D eigenvalue weighted by atomic mass is 10.0.